The van der Waals surface area contributed by atoms with Gasteiger partial charge in [-0.15, -0.1) is 0 Å². The number of sulfonamides is 1. The average molecular weight is 489 g/mol. The van der Waals surface area contributed by atoms with Gasteiger partial charge in [0.2, 0.25) is 0 Å². The predicted octanol–water partition coefficient (Wildman–Crippen LogP) is 3.59. The molecule has 0 bridgehead atoms. The lowest BCUT2D eigenvalue weighted by Gasteiger charge is -2.23. The summed E-state index contributed by atoms with van der Waals surface area (Å²) in [7, 11) is -3.80. The second-order valence-electron chi connectivity index (χ2n) is 7.02. The summed E-state index contributed by atoms with van der Waals surface area (Å²) in [6.45, 7) is 1.50. The number of anilines is 2. The summed E-state index contributed by atoms with van der Waals surface area (Å²) >= 11 is 0. The van der Waals surface area contributed by atoms with E-state index in [4.69, 9.17) is 9.90 Å². The molecule has 1 fully saturated rings. The maximum Gasteiger partial charge on any atom is 0.490 e. The van der Waals surface area contributed by atoms with Crippen molar-refractivity contribution in [2.45, 2.75) is 36.8 Å². The predicted molar refractivity (Wildman–Crippen MR) is 113 cm³/mol. The van der Waals surface area contributed by atoms with Crippen molar-refractivity contribution in [1.29, 1.82) is 0 Å². The van der Waals surface area contributed by atoms with Crippen molar-refractivity contribution in [2.24, 2.45) is 0 Å². The van der Waals surface area contributed by atoms with Crippen molar-refractivity contribution in [3.8, 4) is 0 Å². The molecule has 1 saturated heterocycles. The molecule has 0 saturated carbocycles. The molecule has 0 radical (unpaired) electrons. The Balaban J connectivity index is 0.000000479. The molecule has 1 aliphatic heterocycles. The lowest BCUT2D eigenvalue weighted by molar-refractivity contribution is -0.192. The van der Waals surface area contributed by atoms with Crippen LogP contribution in [-0.4, -0.2) is 54.8 Å². The average Bonchev–Trinajstić information content (AvgIpc) is 3.03. The van der Waals surface area contributed by atoms with Crippen LogP contribution in [0.4, 0.5) is 24.7 Å². The quantitative estimate of drug-likeness (QED) is 0.580. The Morgan fingerprint density at radius 2 is 1.55 bits per heavy atom. The van der Waals surface area contributed by atoms with Gasteiger partial charge in [-0.3, -0.25) is 4.72 Å². The number of aromatic carboxylic acids is 1. The maximum absolute atomic E-state index is 12.4. The molecule has 9 nitrogen and oxygen atoms in total. The van der Waals surface area contributed by atoms with Gasteiger partial charge in [-0.1, -0.05) is 31.0 Å². The SMILES string of the molecule is O=C(O)C(F)(F)F.O=C(O)c1cc(NS(=O)(=O)c2ccccc2)cnc1N1CCCCCC1. The molecule has 0 aliphatic carbocycles. The number of hydrogen-bond donors (Lipinski definition) is 3. The summed E-state index contributed by atoms with van der Waals surface area (Å²) in [4.78, 5) is 26.9. The molecule has 0 atom stereocenters. The number of nitrogens with zero attached hydrogens (tertiary/aromatic N) is 2. The fraction of sp³-hybridized carbons (Fsp3) is 0.350. The van der Waals surface area contributed by atoms with Crippen molar-refractivity contribution in [1.82, 2.24) is 4.98 Å². The minimum Gasteiger partial charge on any atom is -0.478 e. The van der Waals surface area contributed by atoms with Crippen molar-refractivity contribution in [3.05, 3.63) is 48.2 Å². The van der Waals surface area contributed by atoms with Crippen LogP contribution in [0.15, 0.2) is 47.5 Å². The highest BCUT2D eigenvalue weighted by atomic mass is 32.2. The maximum atomic E-state index is 12.4. The van der Waals surface area contributed by atoms with Crippen LogP contribution in [0.5, 0.6) is 0 Å². The molecule has 0 unspecified atom stereocenters. The number of aromatic nitrogens is 1. The molecule has 180 valence electrons. The van der Waals surface area contributed by atoms with Crippen LogP contribution in [0.1, 0.15) is 36.0 Å². The highest BCUT2D eigenvalue weighted by Crippen LogP contribution is 2.25. The van der Waals surface area contributed by atoms with Crippen molar-refractivity contribution in [2.75, 3.05) is 22.7 Å². The molecule has 13 heteroatoms. The Morgan fingerprint density at radius 1 is 1.00 bits per heavy atom. The minimum absolute atomic E-state index is 0.000150. The Labute approximate surface area is 187 Å². The first-order valence-corrected chi connectivity index (χ1v) is 11.3. The summed E-state index contributed by atoms with van der Waals surface area (Å²) in [5.41, 5.74) is 0.130. The summed E-state index contributed by atoms with van der Waals surface area (Å²) in [6, 6.07) is 9.24. The summed E-state index contributed by atoms with van der Waals surface area (Å²) < 4.78 is 59.0. The molecule has 1 aromatic carbocycles. The van der Waals surface area contributed by atoms with E-state index in [9.17, 15) is 31.5 Å². The first kappa shape index (κ1) is 25.9. The van der Waals surface area contributed by atoms with E-state index in [0.717, 1.165) is 38.8 Å². The Morgan fingerprint density at radius 3 is 2.03 bits per heavy atom. The van der Waals surface area contributed by atoms with E-state index in [1.165, 1.54) is 24.4 Å². The highest BCUT2D eigenvalue weighted by Gasteiger charge is 2.38. The van der Waals surface area contributed by atoms with Crippen LogP contribution in [0.25, 0.3) is 0 Å². The Hall–Kier alpha value is -3.35. The lowest BCUT2D eigenvalue weighted by Crippen LogP contribution is -2.27. The zero-order chi connectivity index (χ0) is 24.6. The zero-order valence-corrected chi connectivity index (χ0v) is 18.1. The Bertz CT molecular complexity index is 1070. The molecular formula is C20H22F3N3O6S. The number of alkyl halides is 3. The van der Waals surface area contributed by atoms with E-state index >= 15 is 0 Å². The first-order chi connectivity index (χ1) is 15.4. The minimum atomic E-state index is -5.08. The Kier molecular flexibility index (Phi) is 8.63. The standard InChI is InChI=1S/C18H21N3O4S.C2HF3O2/c22-18(23)16-12-14(20-26(24,25)15-8-4-3-5-9-15)13-19-17(16)21-10-6-1-2-7-11-21;3-2(4,5)1(6)7/h3-5,8-9,12-13,20H,1-2,6-7,10-11H2,(H,22,23);(H,6,7). The monoisotopic (exact) mass is 489 g/mol. The number of carbonyl (C=O) groups is 2. The number of halogens is 3. The second-order valence-corrected chi connectivity index (χ2v) is 8.71. The number of rotatable bonds is 5. The fourth-order valence-corrected chi connectivity index (χ4v) is 4.07. The van der Waals surface area contributed by atoms with Gasteiger partial charge in [0.15, 0.2) is 0 Å². The van der Waals surface area contributed by atoms with Gasteiger partial charge in [0.1, 0.15) is 11.4 Å². The molecule has 1 aliphatic rings. The molecule has 0 amide bonds. The number of hydrogen-bond acceptors (Lipinski definition) is 6. The third-order valence-corrected chi connectivity index (χ3v) is 5.95. The van der Waals surface area contributed by atoms with Gasteiger partial charge in [0.05, 0.1) is 16.8 Å². The van der Waals surface area contributed by atoms with Crippen LogP contribution < -0.4 is 9.62 Å². The first-order valence-electron chi connectivity index (χ1n) is 9.78. The summed E-state index contributed by atoms with van der Waals surface area (Å²) in [5.74, 6) is -3.49. The molecular weight excluding hydrogens is 467 g/mol. The normalized spacial score (nSPS) is 14.5. The van der Waals surface area contributed by atoms with Crippen LogP contribution in [0.3, 0.4) is 0 Å². The molecule has 0 spiro atoms. The van der Waals surface area contributed by atoms with Crippen LogP contribution in [-0.2, 0) is 14.8 Å². The smallest absolute Gasteiger partial charge is 0.478 e. The molecule has 3 rings (SSSR count). The van der Waals surface area contributed by atoms with E-state index < -0.39 is 28.1 Å². The van der Waals surface area contributed by atoms with Gasteiger partial charge >= 0.3 is 18.1 Å². The van der Waals surface area contributed by atoms with E-state index in [1.807, 2.05) is 4.90 Å². The molecule has 3 N–H and O–H groups in total. The third-order valence-electron chi connectivity index (χ3n) is 4.55. The largest absolute Gasteiger partial charge is 0.490 e. The highest BCUT2D eigenvalue weighted by molar-refractivity contribution is 7.92. The molecule has 2 heterocycles. The van der Waals surface area contributed by atoms with E-state index in [-0.39, 0.29) is 16.1 Å². The van der Waals surface area contributed by atoms with Gasteiger partial charge in [0.25, 0.3) is 10.0 Å². The molecule has 2 aromatic rings. The van der Waals surface area contributed by atoms with Crippen LogP contribution >= 0.6 is 0 Å². The van der Waals surface area contributed by atoms with E-state index in [2.05, 4.69) is 9.71 Å². The number of nitrogens with one attached hydrogen (secondary N) is 1. The fourth-order valence-electron chi connectivity index (χ4n) is 3.02. The number of pyridine rings is 1. The van der Waals surface area contributed by atoms with E-state index in [1.54, 1.807) is 18.2 Å². The van der Waals surface area contributed by atoms with Crippen LogP contribution in [0, 0.1) is 0 Å². The van der Waals surface area contributed by atoms with Crippen molar-refractivity contribution < 1.29 is 41.4 Å². The third kappa shape index (κ3) is 7.63. The number of carboxylic acid groups (broad SMARTS) is 2. The van der Waals surface area contributed by atoms with Gasteiger partial charge in [-0.2, -0.15) is 13.2 Å². The molecule has 33 heavy (non-hydrogen) atoms. The van der Waals surface area contributed by atoms with Crippen LogP contribution in [0.2, 0.25) is 0 Å². The van der Waals surface area contributed by atoms with Crippen molar-refractivity contribution in [3.63, 3.8) is 0 Å². The molecule has 1 aromatic heterocycles. The number of aliphatic carboxylic acids is 1. The van der Waals surface area contributed by atoms with Crippen molar-refractivity contribution >= 4 is 33.5 Å². The van der Waals surface area contributed by atoms with Gasteiger partial charge in [0, 0.05) is 13.1 Å². The lowest BCUT2D eigenvalue weighted by atomic mass is 10.2. The second kappa shape index (κ2) is 11.0. The van der Waals surface area contributed by atoms with Gasteiger partial charge < -0.3 is 15.1 Å². The number of carboxylic acids is 2. The van der Waals surface area contributed by atoms with E-state index in [0.29, 0.717) is 5.82 Å². The topological polar surface area (TPSA) is 137 Å². The summed E-state index contributed by atoms with van der Waals surface area (Å²) in [5, 5.41) is 16.7. The number of benzene rings is 1. The summed E-state index contributed by atoms with van der Waals surface area (Å²) in [6.07, 6.45) is 0.501. The zero-order valence-electron chi connectivity index (χ0n) is 17.2. The van der Waals surface area contributed by atoms with Gasteiger partial charge in [-0.25, -0.2) is 23.0 Å². The van der Waals surface area contributed by atoms with Gasteiger partial charge in [-0.05, 0) is 31.0 Å².